The van der Waals surface area contributed by atoms with Gasteiger partial charge in [-0.1, -0.05) is 224 Å². The van der Waals surface area contributed by atoms with E-state index in [2.05, 4.69) is 50.3 Å². The Kier molecular flexibility index (Phi) is 44.9. The van der Waals surface area contributed by atoms with Crippen LogP contribution in [0.25, 0.3) is 0 Å². The molecule has 0 heterocycles. The number of unbranched alkanes of at least 4 members (excludes halogenated alkanes) is 30. The van der Waals surface area contributed by atoms with Crippen LogP contribution in [0, 0.1) is 0 Å². The lowest BCUT2D eigenvalue weighted by Gasteiger charge is -2.15. The summed E-state index contributed by atoms with van der Waals surface area (Å²) in [6, 6.07) is 0. The van der Waals surface area contributed by atoms with Crippen LogP contribution in [0.2, 0.25) is 0 Å². The molecule has 5 heteroatoms. The number of allylic oxidation sites excluding steroid dienone is 6. The van der Waals surface area contributed by atoms with Gasteiger partial charge < -0.3 is 14.6 Å². The molecular formula is C50H92O5. The average Bonchev–Trinajstić information content (AvgIpc) is 3.19. The highest BCUT2D eigenvalue weighted by molar-refractivity contribution is 5.70. The van der Waals surface area contributed by atoms with Gasteiger partial charge in [0.2, 0.25) is 0 Å². The van der Waals surface area contributed by atoms with Crippen LogP contribution in [0.3, 0.4) is 0 Å². The molecule has 0 aromatic carbocycles. The highest BCUT2D eigenvalue weighted by Crippen LogP contribution is 2.16. The van der Waals surface area contributed by atoms with Crippen LogP contribution in [0.1, 0.15) is 251 Å². The van der Waals surface area contributed by atoms with E-state index in [1.807, 2.05) is 0 Å². The second-order valence-corrected chi connectivity index (χ2v) is 16.2. The molecule has 0 aromatic rings. The number of hydrogen-bond donors (Lipinski definition) is 1. The summed E-state index contributed by atoms with van der Waals surface area (Å²) in [6.07, 6.45) is 58.3. The summed E-state index contributed by atoms with van der Waals surface area (Å²) in [5.41, 5.74) is 0. The van der Waals surface area contributed by atoms with Crippen LogP contribution in [0.5, 0.6) is 0 Å². The van der Waals surface area contributed by atoms with Crippen LogP contribution in [0.15, 0.2) is 36.5 Å². The molecule has 1 atom stereocenters. The number of aliphatic hydroxyl groups excluding tert-OH is 1. The maximum atomic E-state index is 12.2. The average molecular weight is 773 g/mol. The molecule has 0 rings (SSSR count). The van der Waals surface area contributed by atoms with Crippen molar-refractivity contribution in [2.75, 3.05) is 13.2 Å². The van der Waals surface area contributed by atoms with E-state index in [-0.39, 0.29) is 25.2 Å². The van der Waals surface area contributed by atoms with Crippen molar-refractivity contribution in [1.82, 2.24) is 0 Å². The van der Waals surface area contributed by atoms with Gasteiger partial charge in [0.1, 0.15) is 6.61 Å². The molecule has 0 aliphatic carbocycles. The summed E-state index contributed by atoms with van der Waals surface area (Å²) in [4.78, 5) is 24.2. The summed E-state index contributed by atoms with van der Waals surface area (Å²) >= 11 is 0. The molecule has 0 fully saturated rings. The summed E-state index contributed by atoms with van der Waals surface area (Å²) in [5, 5.41) is 9.54. The minimum atomic E-state index is -0.765. The maximum absolute atomic E-state index is 12.2. The third-order valence-electron chi connectivity index (χ3n) is 10.7. The van der Waals surface area contributed by atoms with E-state index in [4.69, 9.17) is 9.47 Å². The van der Waals surface area contributed by atoms with E-state index in [0.29, 0.717) is 12.8 Å². The molecule has 0 aliphatic rings. The minimum Gasteiger partial charge on any atom is -0.462 e. The molecule has 1 unspecified atom stereocenters. The summed E-state index contributed by atoms with van der Waals surface area (Å²) < 4.78 is 10.6. The van der Waals surface area contributed by atoms with Crippen molar-refractivity contribution >= 4 is 11.9 Å². The van der Waals surface area contributed by atoms with Crippen LogP contribution >= 0.6 is 0 Å². The van der Waals surface area contributed by atoms with Crippen molar-refractivity contribution < 1.29 is 24.2 Å². The first-order valence-electron chi connectivity index (χ1n) is 24.0. The predicted octanol–water partition coefficient (Wildman–Crippen LogP) is 15.6. The Hall–Kier alpha value is -1.88. The van der Waals surface area contributed by atoms with E-state index in [0.717, 1.165) is 51.4 Å². The predicted molar refractivity (Wildman–Crippen MR) is 238 cm³/mol. The van der Waals surface area contributed by atoms with E-state index in [1.165, 1.54) is 173 Å². The highest BCUT2D eigenvalue weighted by Gasteiger charge is 2.16. The molecule has 5 nitrogen and oxygen atoms in total. The van der Waals surface area contributed by atoms with Crippen molar-refractivity contribution in [2.24, 2.45) is 0 Å². The van der Waals surface area contributed by atoms with Gasteiger partial charge in [0.25, 0.3) is 0 Å². The van der Waals surface area contributed by atoms with Gasteiger partial charge in [-0.15, -0.1) is 0 Å². The molecule has 0 saturated heterocycles. The van der Waals surface area contributed by atoms with E-state index in [9.17, 15) is 14.7 Å². The molecule has 0 spiro atoms. The maximum Gasteiger partial charge on any atom is 0.306 e. The Labute approximate surface area is 342 Å². The zero-order valence-corrected chi connectivity index (χ0v) is 36.7. The van der Waals surface area contributed by atoms with E-state index >= 15 is 0 Å². The summed E-state index contributed by atoms with van der Waals surface area (Å²) in [7, 11) is 0. The van der Waals surface area contributed by atoms with Gasteiger partial charge in [0, 0.05) is 12.8 Å². The minimum absolute atomic E-state index is 0.0616. The summed E-state index contributed by atoms with van der Waals surface area (Å²) in [6.45, 7) is 4.11. The standard InChI is InChI=1S/C50H92O5/c1-3-5-7-9-11-13-14-15-16-17-18-19-20-21-22-23-24-25-26-27-28-29-30-31-32-33-34-35-36-37-39-41-43-45-50(53)55-48(46-51)47-54-49(52)44-42-40-38-12-10-8-6-4-2/h14-15,17-18,20-21,48,51H,3-13,16,19,22-47H2,1-2H3/b15-14-,18-17-,21-20-. The van der Waals surface area contributed by atoms with Crippen molar-refractivity contribution in [3.8, 4) is 0 Å². The number of rotatable bonds is 44. The second-order valence-electron chi connectivity index (χ2n) is 16.2. The number of hydrogen-bond acceptors (Lipinski definition) is 5. The first-order valence-corrected chi connectivity index (χ1v) is 24.0. The summed E-state index contributed by atoms with van der Waals surface area (Å²) in [5.74, 6) is -0.586. The molecule has 0 aliphatic heterocycles. The van der Waals surface area contributed by atoms with Gasteiger partial charge in [-0.2, -0.15) is 0 Å². The molecule has 55 heavy (non-hydrogen) atoms. The van der Waals surface area contributed by atoms with Crippen molar-refractivity contribution in [1.29, 1.82) is 0 Å². The molecule has 0 radical (unpaired) electrons. The van der Waals surface area contributed by atoms with Crippen molar-refractivity contribution in [3.05, 3.63) is 36.5 Å². The Balaban J connectivity index is 3.40. The lowest BCUT2D eigenvalue weighted by molar-refractivity contribution is -0.161. The van der Waals surface area contributed by atoms with Gasteiger partial charge in [-0.3, -0.25) is 9.59 Å². The largest absolute Gasteiger partial charge is 0.462 e. The fourth-order valence-corrected chi connectivity index (χ4v) is 7.03. The SMILES string of the molecule is CCCCCCC/C=C\C/C=C\C/C=C\CCCCCCCCCCCCCCCCCCCCC(=O)OC(CO)COC(=O)CCCCCCCCCC. The topological polar surface area (TPSA) is 72.8 Å². The van der Waals surface area contributed by atoms with Crippen molar-refractivity contribution in [2.45, 2.75) is 258 Å². The number of aliphatic hydroxyl groups is 1. The zero-order chi connectivity index (χ0) is 40.0. The number of esters is 2. The Morgan fingerprint density at radius 2 is 0.727 bits per heavy atom. The molecule has 0 bridgehead atoms. The molecular weight excluding hydrogens is 681 g/mol. The Morgan fingerprint density at radius 3 is 1.09 bits per heavy atom. The van der Waals surface area contributed by atoms with Gasteiger partial charge in [0.15, 0.2) is 6.10 Å². The molecule has 0 saturated carbocycles. The third kappa shape index (κ3) is 44.7. The Bertz CT molecular complexity index is 877. The van der Waals surface area contributed by atoms with Gasteiger partial charge in [-0.25, -0.2) is 0 Å². The lowest BCUT2D eigenvalue weighted by Crippen LogP contribution is -2.28. The molecule has 322 valence electrons. The zero-order valence-electron chi connectivity index (χ0n) is 36.7. The number of carbonyl (C=O) groups is 2. The third-order valence-corrected chi connectivity index (χ3v) is 10.7. The first-order chi connectivity index (χ1) is 27.1. The smallest absolute Gasteiger partial charge is 0.306 e. The highest BCUT2D eigenvalue weighted by atomic mass is 16.6. The van der Waals surface area contributed by atoms with E-state index < -0.39 is 6.10 Å². The fourth-order valence-electron chi connectivity index (χ4n) is 7.03. The monoisotopic (exact) mass is 773 g/mol. The number of ether oxygens (including phenoxy) is 2. The van der Waals surface area contributed by atoms with Crippen LogP contribution in [-0.2, 0) is 19.1 Å². The lowest BCUT2D eigenvalue weighted by atomic mass is 10.0. The van der Waals surface area contributed by atoms with Crippen LogP contribution in [-0.4, -0.2) is 36.4 Å². The molecule has 1 N–H and O–H groups in total. The fraction of sp³-hybridized carbons (Fsp3) is 0.840. The quantitative estimate of drug-likeness (QED) is 0.0379. The van der Waals surface area contributed by atoms with E-state index in [1.54, 1.807) is 0 Å². The van der Waals surface area contributed by atoms with Gasteiger partial charge in [0.05, 0.1) is 6.61 Å². The first kappa shape index (κ1) is 53.1. The molecule has 0 amide bonds. The van der Waals surface area contributed by atoms with Gasteiger partial charge in [-0.05, 0) is 51.4 Å². The molecule has 0 aromatic heterocycles. The number of carbonyl (C=O) groups excluding carboxylic acids is 2. The van der Waals surface area contributed by atoms with Crippen LogP contribution in [0.4, 0.5) is 0 Å². The van der Waals surface area contributed by atoms with Crippen molar-refractivity contribution in [3.63, 3.8) is 0 Å². The normalized spacial score (nSPS) is 12.4. The Morgan fingerprint density at radius 1 is 0.418 bits per heavy atom. The second kappa shape index (κ2) is 46.5. The van der Waals surface area contributed by atoms with Crippen LogP contribution < -0.4 is 0 Å². The van der Waals surface area contributed by atoms with Gasteiger partial charge >= 0.3 is 11.9 Å².